The summed E-state index contributed by atoms with van der Waals surface area (Å²) >= 11 is 0. The van der Waals surface area contributed by atoms with Crippen molar-refractivity contribution in [3.63, 3.8) is 0 Å². The van der Waals surface area contributed by atoms with Gasteiger partial charge in [0, 0.05) is 18.4 Å². The van der Waals surface area contributed by atoms with Gasteiger partial charge in [-0.1, -0.05) is 6.92 Å². The van der Waals surface area contributed by atoms with Gasteiger partial charge in [-0.25, -0.2) is 0 Å². The van der Waals surface area contributed by atoms with Gasteiger partial charge in [-0.3, -0.25) is 4.79 Å². The molecule has 4 heteroatoms. The number of carbonyl (C=O) groups excluding carboxylic acids is 1. The predicted octanol–water partition coefficient (Wildman–Crippen LogP) is 2.41. The number of ketones is 1. The first kappa shape index (κ1) is 13.9. The third kappa shape index (κ3) is 3.70. The number of fused-ring (bicyclic) bond motifs is 1. The Morgan fingerprint density at radius 3 is 2.79 bits per heavy atom. The molecule has 1 heterocycles. The minimum Gasteiger partial charge on any atom is -0.490 e. The maximum atomic E-state index is 12.1. The molecule has 0 saturated heterocycles. The zero-order valence-electron chi connectivity index (χ0n) is 11.4. The molecule has 1 aliphatic heterocycles. The monoisotopic (exact) mass is 263 g/mol. The number of ether oxygens (including phenoxy) is 2. The normalized spacial score (nSPS) is 15.7. The topological polar surface area (TPSA) is 61.6 Å². The summed E-state index contributed by atoms with van der Waals surface area (Å²) in [6, 6.07) is 5.42. The van der Waals surface area contributed by atoms with Gasteiger partial charge in [-0.15, -0.1) is 0 Å². The Morgan fingerprint density at radius 1 is 1.32 bits per heavy atom. The number of hydrogen-bond donors (Lipinski definition) is 1. The molecular formula is C15H21NO3. The Hall–Kier alpha value is -1.55. The van der Waals surface area contributed by atoms with Crippen molar-refractivity contribution in [1.29, 1.82) is 0 Å². The Labute approximate surface area is 113 Å². The molecule has 19 heavy (non-hydrogen) atoms. The van der Waals surface area contributed by atoms with Crippen molar-refractivity contribution < 1.29 is 14.3 Å². The van der Waals surface area contributed by atoms with E-state index in [0.717, 1.165) is 18.6 Å². The van der Waals surface area contributed by atoms with Crippen LogP contribution < -0.4 is 15.2 Å². The van der Waals surface area contributed by atoms with Gasteiger partial charge >= 0.3 is 0 Å². The summed E-state index contributed by atoms with van der Waals surface area (Å²) in [6.45, 7) is 3.97. The molecule has 0 radical (unpaired) electrons. The third-order valence-corrected chi connectivity index (χ3v) is 3.34. The number of hydrogen-bond acceptors (Lipinski definition) is 4. The van der Waals surface area contributed by atoms with E-state index in [1.165, 1.54) is 0 Å². The molecule has 0 bridgehead atoms. The Morgan fingerprint density at radius 2 is 2.05 bits per heavy atom. The average Bonchev–Trinajstić information content (AvgIpc) is 2.68. The van der Waals surface area contributed by atoms with Crippen LogP contribution in [0, 0.1) is 5.92 Å². The second-order valence-corrected chi connectivity index (χ2v) is 5.01. The lowest BCUT2D eigenvalue weighted by molar-refractivity contribution is 0.0974. The number of nitrogens with two attached hydrogens (primary N) is 1. The van der Waals surface area contributed by atoms with Crippen molar-refractivity contribution in [1.82, 2.24) is 0 Å². The zero-order chi connectivity index (χ0) is 13.7. The molecule has 1 unspecified atom stereocenters. The highest BCUT2D eigenvalue weighted by atomic mass is 16.5. The van der Waals surface area contributed by atoms with E-state index >= 15 is 0 Å². The zero-order valence-corrected chi connectivity index (χ0v) is 11.4. The third-order valence-electron chi connectivity index (χ3n) is 3.34. The summed E-state index contributed by atoms with van der Waals surface area (Å²) < 4.78 is 11.1. The lowest BCUT2D eigenvalue weighted by atomic mass is 10.00. The standard InChI is InChI=1S/C15H21NO3/c1-11(10-16)3-5-13(17)12-4-6-14-15(9-12)19-8-2-7-18-14/h4,6,9,11H,2-3,5,7-8,10,16H2,1H3. The SMILES string of the molecule is CC(CN)CCC(=O)c1ccc2c(c1)OCCCO2. The molecule has 0 saturated carbocycles. The van der Waals surface area contributed by atoms with E-state index in [2.05, 4.69) is 6.92 Å². The summed E-state index contributed by atoms with van der Waals surface area (Å²) in [5, 5.41) is 0. The number of carbonyl (C=O) groups is 1. The first-order chi connectivity index (χ1) is 9.20. The molecule has 0 aromatic heterocycles. The van der Waals surface area contributed by atoms with Crippen molar-refractivity contribution in [3.8, 4) is 11.5 Å². The van der Waals surface area contributed by atoms with Crippen LogP contribution in [0.1, 0.15) is 36.5 Å². The van der Waals surface area contributed by atoms with Crippen LogP contribution >= 0.6 is 0 Å². The molecule has 1 aliphatic rings. The fraction of sp³-hybridized carbons (Fsp3) is 0.533. The molecule has 2 N–H and O–H groups in total. The number of rotatable bonds is 5. The van der Waals surface area contributed by atoms with Crippen LogP contribution in [0.15, 0.2) is 18.2 Å². The van der Waals surface area contributed by atoms with Crippen LogP contribution in [-0.4, -0.2) is 25.5 Å². The van der Waals surface area contributed by atoms with Crippen molar-refractivity contribution in [3.05, 3.63) is 23.8 Å². The molecule has 0 amide bonds. The van der Waals surface area contributed by atoms with E-state index in [0.29, 0.717) is 43.4 Å². The van der Waals surface area contributed by atoms with E-state index in [1.807, 2.05) is 12.1 Å². The molecule has 1 aromatic carbocycles. The van der Waals surface area contributed by atoms with Gasteiger partial charge in [0.1, 0.15) is 0 Å². The van der Waals surface area contributed by atoms with E-state index in [9.17, 15) is 4.79 Å². The summed E-state index contributed by atoms with van der Waals surface area (Å²) in [4.78, 5) is 12.1. The van der Waals surface area contributed by atoms with E-state index < -0.39 is 0 Å². The van der Waals surface area contributed by atoms with Gasteiger partial charge in [0.15, 0.2) is 17.3 Å². The lowest BCUT2D eigenvalue weighted by Gasteiger charge is -2.10. The van der Waals surface area contributed by atoms with Crippen LogP contribution in [0.5, 0.6) is 11.5 Å². The van der Waals surface area contributed by atoms with Crippen LogP contribution in [0.25, 0.3) is 0 Å². The van der Waals surface area contributed by atoms with E-state index in [-0.39, 0.29) is 5.78 Å². The van der Waals surface area contributed by atoms with Gasteiger partial charge in [0.2, 0.25) is 0 Å². The molecule has 0 fully saturated rings. The second kappa shape index (κ2) is 6.57. The quantitative estimate of drug-likeness (QED) is 0.829. The summed E-state index contributed by atoms with van der Waals surface area (Å²) in [7, 11) is 0. The van der Waals surface area contributed by atoms with E-state index in [1.54, 1.807) is 6.07 Å². The molecule has 0 aliphatic carbocycles. The van der Waals surface area contributed by atoms with E-state index in [4.69, 9.17) is 15.2 Å². The Bertz CT molecular complexity index is 445. The minimum absolute atomic E-state index is 0.135. The molecule has 104 valence electrons. The highest BCUT2D eigenvalue weighted by molar-refractivity contribution is 5.96. The predicted molar refractivity (Wildman–Crippen MR) is 73.8 cm³/mol. The largest absolute Gasteiger partial charge is 0.490 e. The fourth-order valence-corrected chi connectivity index (χ4v) is 1.98. The summed E-state index contributed by atoms with van der Waals surface area (Å²) in [5.74, 6) is 1.92. The Kier molecular flexibility index (Phi) is 4.80. The molecule has 1 aromatic rings. The fourth-order valence-electron chi connectivity index (χ4n) is 1.98. The second-order valence-electron chi connectivity index (χ2n) is 5.01. The number of benzene rings is 1. The van der Waals surface area contributed by atoms with Crippen LogP contribution in [0.3, 0.4) is 0 Å². The van der Waals surface area contributed by atoms with Gasteiger partial charge in [-0.05, 0) is 37.1 Å². The van der Waals surface area contributed by atoms with Crippen molar-refractivity contribution in [2.75, 3.05) is 19.8 Å². The summed E-state index contributed by atoms with van der Waals surface area (Å²) in [5.41, 5.74) is 6.25. The van der Waals surface area contributed by atoms with Crippen LogP contribution in [0.4, 0.5) is 0 Å². The smallest absolute Gasteiger partial charge is 0.163 e. The van der Waals surface area contributed by atoms with Crippen molar-refractivity contribution >= 4 is 5.78 Å². The van der Waals surface area contributed by atoms with Gasteiger partial charge in [0.05, 0.1) is 13.2 Å². The molecule has 0 spiro atoms. The Balaban J connectivity index is 2.04. The number of Topliss-reactive ketones (excluding diaryl/α,β-unsaturated/α-hetero) is 1. The maximum Gasteiger partial charge on any atom is 0.163 e. The highest BCUT2D eigenvalue weighted by Crippen LogP contribution is 2.30. The molecule has 4 nitrogen and oxygen atoms in total. The molecule has 1 atom stereocenters. The summed E-state index contributed by atoms with van der Waals surface area (Å²) in [6.07, 6.45) is 2.22. The van der Waals surface area contributed by atoms with Crippen molar-refractivity contribution in [2.24, 2.45) is 11.7 Å². The van der Waals surface area contributed by atoms with Crippen LogP contribution in [0.2, 0.25) is 0 Å². The first-order valence-electron chi connectivity index (χ1n) is 6.83. The van der Waals surface area contributed by atoms with Crippen LogP contribution in [-0.2, 0) is 0 Å². The van der Waals surface area contributed by atoms with Gasteiger partial charge in [0.25, 0.3) is 0 Å². The van der Waals surface area contributed by atoms with Gasteiger partial charge in [-0.2, -0.15) is 0 Å². The highest BCUT2D eigenvalue weighted by Gasteiger charge is 2.14. The maximum absolute atomic E-state index is 12.1. The first-order valence-corrected chi connectivity index (χ1v) is 6.83. The molecule has 2 rings (SSSR count). The molecular weight excluding hydrogens is 242 g/mol. The minimum atomic E-state index is 0.135. The van der Waals surface area contributed by atoms with Crippen molar-refractivity contribution in [2.45, 2.75) is 26.2 Å². The lowest BCUT2D eigenvalue weighted by Crippen LogP contribution is -2.12. The average molecular weight is 263 g/mol. The van der Waals surface area contributed by atoms with Gasteiger partial charge < -0.3 is 15.2 Å².